The van der Waals surface area contributed by atoms with Crippen molar-refractivity contribution in [3.63, 3.8) is 0 Å². The molecule has 1 aromatic rings. The number of aryl methyl sites for hydroxylation is 1. The van der Waals surface area contributed by atoms with Crippen LogP contribution in [0.4, 0.5) is 0 Å². The molecule has 1 rings (SSSR count). The monoisotopic (exact) mass is 399 g/mol. The van der Waals surface area contributed by atoms with Gasteiger partial charge in [0.05, 0.1) is 11.6 Å². The summed E-state index contributed by atoms with van der Waals surface area (Å²) in [5, 5.41) is 2.77. The molecule has 0 saturated carbocycles. The maximum Gasteiger partial charge on any atom is 0.328 e. The third-order valence-corrected chi connectivity index (χ3v) is 4.65. The summed E-state index contributed by atoms with van der Waals surface area (Å²) in [6.07, 6.45) is 0.815. The van der Waals surface area contributed by atoms with Gasteiger partial charge in [0.15, 0.2) is 6.10 Å². The van der Waals surface area contributed by atoms with Crippen molar-refractivity contribution in [1.82, 2.24) is 5.32 Å². The Bertz CT molecular complexity index is 572. The second-order valence-corrected chi connectivity index (χ2v) is 6.63. The highest BCUT2D eigenvalue weighted by atomic mass is 79.9. The van der Waals surface area contributed by atoms with Crippen LogP contribution in [0.15, 0.2) is 22.7 Å². The van der Waals surface area contributed by atoms with E-state index in [1.165, 1.54) is 7.11 Å². The molecule has 1 aromatic carbocycles. The first-order valence-electron chi connectivity index (χ1n) is 8.14. The summed E-state index contributed by atoms with van der Waals surface area (Å²) in [5.41, 5.74) is 1.09. The molecular weight excluding hydrogens is 374 g/mol. The Hall–Kier alpha value is -1.56. The molecule has 0 aliphatic carbocycles. The summed E-state index contributed by atoms with van der Waals surface area (Å²) in [6.45, 7) is 7.60. The normalized spacial score (nSPS) is 13.3. The molecule has 2 atom stereocenters. The van der Waals surface area contributed by atoms with Crippen molar-refractivity contribution in [2.45, 2.75) is 52.7 Å². The Labute approximate surface area is 152 Å². The molecule has 0 aliphatic rings. The lowest BCUT2D eigenvalue weighted by molar-refractivity contribution is -0.147. The predicted octanol–water partition coefficient (Wildman–Crippen LogP) is 3.62. The van der Waals surface area contributed by atoms with Crippen molar-refractivity contribution < 1.29 is 19.1 Å². The zero-order chi connectivity index (χ0) is 18.3. The largest absolute Gasteiger partial charge is 0.480 e. The van der Waals surface area contributed by atoms with Crippen molar-refractivity contribution in [3.05, 3.63) is 28.2 Å². The Kier molecular flexibility index (Phi) is 8.25. The van der Waals surface area contributed by atoms with Crippen LogP contribution in [0.1, 0.15) is 39.2 Å². The Morgan fingerprint density at radius 1 is 1.25 bits per heavy atom. The SMILES string of the molecule is CCC(CC)C(NC(=O)C(C)Oc1ccc(C)cc1Br)C(=O)OC. The van der Waals surface area contributed by atoms with Crippen LogP contribution in [-0.2, 0) is 14.3 Å². The summed E-state index contributed by atoms with van der Waals surface area (Å²) in [4.78, 5) is 24.4. The van der Waals surface area contributed by atoms with Gasteiger partial charge in [-0.3, -0.25) is 4.79 Å². The molecule has 0 radical (unpaired) electrons. The van der Waals surface area contributed by atoms with E-state index in [2.05, 4.69) is 21.2 Å². The number of carbonyl (C=O) groups is 2. The van der Waals surface area contributed by atoms with E-state index in [1.807, 2.05) is 39.0 Å². The van der Waals surface area contributed by atoms with Gasteiger partial charge in [-0.1, -0.05) is 32.8 Å². The first-order valence-corrected chi connectivity index (χ1v) is 8.94. The maximum atomic E-state index is 12.4. The zero-order valence-electron chi connectivity index (χ0n) is 14.9. The van der Waals surface area contributed by atoms with Crippen molar-refractivity contribution in [3.8, 4) is 5.75 Å². The molecule has 1 amide bonds. The van der Waals surface area contributed by atoms with Gasteiger partial charge >= 0.3 is 5.97 Å². The molecule has 0 spiro atoms. The summed E-state index contributed by atoms with van der Waals surface area (Å²) in [6, 6.07) is 4.97. The smallest absolute Gasteiger partial charge is 0.328 e. The average Bonchev–Trinajstić information content (AvgIpc) is 2.56. The molecule has 0 aliphatic heterocycles. The number of ether oxygens (including phenoxy) is 2. The second-order valence-electron chi connectivity index (χ2n) is 5.78. The van der Waals surface area contributed by atoms with E-state index in [0.717, 1.165) is 22.9 Å². The number of esters is 1. The molecule has 5 nitrogen and oxygen atoms in total. The lowest BCUT2D eigenvalue weighted by Gasteiger charge is -2.25. The zero-order valence-corrected chi connectivity index (χ0v) is 16.5. The standard InChI is InChI=1S/C18H26BrNO4/c1-6-13(7-2)16(18(22)23-5)20-17(21)12(4)24-15-9-8-11(3)10-14(15)19/h8-10,12-13,16H,6-7H2,1-5H3,(H,20,21). The van der Waals surface area contributed by atoms with Crippen LogP contribution in [0.25, 0.3) is 0 Å². The van der Waals surface area contributed by atoms with Crippen LogP contribution in [0.5, 0.6) is 5.75 Å². The van der Waals surface area contributed by atoms with Crippen molar-refractivity contribution in [1.29, 1.82) is 0 Å². The van der Waals surface area contributed by atoms with E-state index in [1.54, 1.807) is 6.92 Å². The first-order chi connectivity index (χ1) is 11.3. The molecule has 0 aromatic heterocycles. The molecule has 6 heteroatoms. The average molecular weight is 400 g/mol. The van der Waals surface area contributed by atoms with Gasteiger partial charge in [-0.05, 0) is 53.4 Å². The highest BCUT2D eigenvalue weighted by molar-refractivity contribution is 9.10. The fourth-order valence-corrected chi connectivity index (χ4v) is 3.06. The molecule has 0 bridgehead atoms. The van der Waals surface area contributed by atoms with E-state index in [4.69, 9.17) is 9.47 Å². The third kappa shape index (κ3) is 5.51. The van der Waals surface area contributed by atoms with Crippen LogP contribution in [0.3, 0.4) is 0 Å². The minimum atomic E-state index is -0.731. The van der Waals surface area contributed by atoms with Crippen molar-refractivity contribution in [2.75, 3.05) is 7.11 Å². The number of nitrogens with one attached hydrogen (secondary N) is 1. The van der Waals surface area contributed by atoms with Gasteiger partial charge in [-0.2, -0.15) is 0 Å². The first kappa shape index (κ1) is 20.5. The van der Waals surface area contributed by atoms with E-state index < -0.39 is 18.1 Å². The van der Waals surface area contributed by atoms with Gasteiger partial charge < -0.3 is 14.8 Å². The summed E-state index contributed by atoms with van der Waals surface area (Å²) in [5.74, 6) is -0.161. The highest BCUT2D eigenvalue weighted by Gasteiger charge is 2.30. The fraction of sp³-hybridized carbons (Fsp3) is 0.556. The van der Waals surface area contributed by atoms with Gasteiger partial charge in [0, 0.05) is 0 Å². The Morgan fingerprint density at radius 2 is 1.88 bits per heavy atom. The minimum Gasteiger partial charge on any atom is -0.480 e. The quantitative estimate of drug-likeness (QED) is 0.677. The van der Waals surface area contributed by atoms with Gasteiger partial charge in [-0.25, -0.2) is 4.79 Å². The molecule has 2 unspecified atom stereocenters. The topological polar surface area (TPSA) is 64.6 Å². The molecule has 0 fully saturated rings. The number of amides is 1. The van der Waals surface area contributed by atoms with Crippen LogP contribution in [0, 0.1) is 12.8 Å². The number of methoxy groups -OCH3 is 1. The van der Waals surface area contributed by atoms with E-state index in [0.29, 0.717) is 5.75 Å². The summed E-state index contributed by atoms with van der Waals surface area (Å²) >= 11 is 3.42. The Balaban J connectivity index is 2.80. The molecule has 134 valence electrons. The number of benzene rings is 1. The number of hydrogen-bond donors (Lipinski definition) is 1. The second kappa shape index (κ2) is 9.67. The van der Waals surface area contributed by atoms with Crippen LogP contribution in [-0.4, -0.2) is 31.1 Å². The van der Waals surface area contributed by atoms with Crippen molar-refractivity contribution in [2.24, 2.45) is 5.92 Å². The van der Waals surface area contributed by atoms with E-state index >= 15 is 0 Å². The lowest BCUT2D eigenvalue weighted by Crippen LogP contribution is -2.50. The molecular formula is C18H26BrNO4. The number of carbonyl (C=O) groups excluding carboxylic acids is 2. The summed E-state index contributed by atoms with van der Waals surface area (Å²) < 4.78 is 11.3. The fourth-order valence-electron chi connectivity index (χ4n) is 2.47. The van der Waals surface area contributed by atoms with Gasteiger partial charge in [-0.15, -0.1) is 0 Å². The van der Waals surface area contributed by atoms with Crippen LogP contribution >= 0.6 is 15.9 Å². The number of halogens is 1. The predicted molar refractivity (Wildman–Crippen MR) is 97.0 cm³/mol. The van der Waals surface area contributed by atoms with Crippen LogP contribution in [0.2, 0.25) is 0 Å². The van der Waals surface area contributed by atoms with Crippen molar-refractivity contribution >= 4 is 27.8 Å². The molecule has 1 N–H and O–H groups in total. The lowest BCUT2D eigenvalue weighted by atomic mass is 9.94. The molecule has 0 saturated heterocycles. The van der Waals surface area contributed by atoms with E-state index in [9.17, 15) is 9.59 Å². The number of hydrogen-bond acceptors (Lipinski definition) is 4. The van der Waals surface area contributed by atoms with Crippen LogP contribution < -0.4 is 10.1 Å². The molecule has 0 heterocycles. The highest BCUT2D eigenvalue weighted by Crippen LogP contribution is 2.26. The van der Waals surface area contributed by atoms with Gasteiger partial charge in [0.2, 0.25) is 0 Å². The number of rotatable bonds is 8. The minimum absolute atomic E-state index is 0.0275. The Morgan fingerprint density at radius 3 is 2.38 bits per heavy atom. The summed E-state index contributed by atoms with van der Waals surface area (Å²) in [7, 11) is 1.33. The van der Waals surface area contributed by atoms with E-state index in [-0.39, 0.29) is 11.8 Å². The third-order valence-electron chi connectivity index (χ3n) is 4.03. The van der Waals surface area contributed by atoms with Gasteiger partial charge in [0.25, 0.3) is 5.91 Å². The molecule has 24 heavy (non-hydrogen) atoms. The van der Waals surface area contributed by atoms with Gasteiger partial charge in [0.1, 0.15) is 11.8 Å². The maximum absolute atomic E-state index is 12.4.